The zero-order valence-corrected chi connectivity index (χ0v) is 15.0. The fourth-order valence-corrected chi connectivity index (χ4v) is 4.78. The van der Waals surface area contributed by atoms with Crippen LogP contribution < -0.4 is 10.5 Å². The van der Waals surface area contributed by atoms with E-state index in [4.69, 9.17) is 5.73 Å². The Bertz CT molecular complexity index is 584. The first-order valence-electron chi connectivity index (χ1n) is 7.73. The number of rotatable bonds is 5. The van der Waals surface area contributed by atoms with Gasteiger partial charge in [-0.25, -0.2) is 13.1 Å². The summed E-state index contributed by atoms with van der Waals surface area (Å²) in [5.41, 5.74) is 7.55. The van der Waals surface area contributed by atoms with Crippen molar-refractivity contribution < 1.29 is 8.42 Å². The molecule has 0 amide bonds. The maximum absolute atomic E-state index is 12.7. The largest absolute Gasteiger partial charge is 0.329 e. The number of aryl methyl sites for hydroxylation is 2. The van der Waals surface area contributed by atoms with Crippen molar-refractivity contribution in [3.63, 3.8) is 0 Å². The third-order valence-electron chi connectivity index (χ3n) is 4.41. The molecule has 1 aliphatic rings. The molecule has 126 valence electrons. The van der Waals surface area contributed by atoms with E-state index in [-0.39, 0.29) is 18.4 Å². The summed E-state index contributed by atoms with van der Waals surface area (Å²) >= 11 is 0. The van der Waals surface area contributed by atoms with Gasteiger partial charge in [0, 0.05) is 12.6 Å². The number of nitrogens with one attached hydrogen (secondary N) is 1. The number of sulfonamides is 1. The van der Waals surface area contributed by atoms with E-state index in [9.17, 15) is 8.42 Å². The number of hydrogen-bond donors (Lipinski definition) is 2. The minimum absolute atomic E-state index is 0. The van der Waals surface area contributed by atoms with Crippen molar-refractivity contribution >= 4 is 22.4 Å². The molecule has 1 atom stereocenters. The molecule has 6 heteroatoms. The first kappa shape index (κ1) is 19.4. The van der Waals surface area contributed by atoms with Crippen molar-refractivity contribution in [3.05, 3.63) is 29.3 Å². The molecule has 1 fully saturated rings. The molecule has 1 aliphatic carbocycles. The van der Waals surface area contributed by atoms with E-state index in [2.05, 4.69) is 4.72 Å². The van der Waals surface area contributed by atoms with Gasteiger partial charge in [0.1, 0.15) is 0 Å². The van der Waals surface area contributed by atoms with Crippen molar-refractivity contribution in [2.75, 3.05) is 6.54 Å². The summed E-state index contributed by atoms with van der Waals surface area (Å²) in [4.78, 5) is 0.372. The van der Waals surface area contributed by atoms with Crippen LogP contribution in [0.3, 0.4) is 0 Å². The molecule has 0 bridgehead atoms. The molecule has 3 N–H and O–H groups in total. The second-order valence-electron chi connectivity index (χ2n) is 6.13. The third kappa shape index (κ3) is 4.69. The Labute approximate surface area is 140 Å². The Hall–Kier alpha value is -0.620. The molecule has 1 aromatic carbocycles. The van der Waals surface area contributed by atoms with Crippen LogP contribution in [0.4, 0.5) is 0 Å². The minimum Gasteiger partial charge on any atom is -0.329 e. The monoisotopic (exact) mass is 346 g/mol. The predicted octanol–water partition coefficient (Wildman–Crippen LogP) is 2.91. The van der Waals surface area contributed by atoms with E-state index in [1.54, 1.807) is 6.07 Å². The van der Waals surface area contributed by atoms with Gasteiger partial charge < -0.3 is 5.73 Å². The van der Waals surface area contributed by atoms with Crippen LogP contribution in [0.2, 0.25) is 0 Å². The second-order valence-corrected chi connectivity index (χ2v) is 7.81. The average Bonchev–Trinajstić information content (AvgIpc) is 2.48. The minimum atomic E-state index is -3.50. The molecule has 0 heterocycles. The molecule has 2 rings (SSSR count). The Morgan fingerprint density at radius 3 is 2.45 bits per heavy atom. The smallest absolute Gasteiger partial charge is 0.241 e. The van der Waals surface area contributed by atoms with Crippen LogP contribution in [0.5, 0.6) is 0 Å². The fraction of sp³-hybridized carbons (Fsp3) is 0.625. The van der Waals surface area contributed by atoms with Crippen molar-refractivity contribution in [2.24, 2.45) is 11.7 Å². The van der Waals surface area contributed by atoms with E-state index < -0.39 is 10.0 Å². The Kier molecular flexibility index (Phi) is 7.32. The molecule has 1 aromatic rings. The second kappa shape index (κ2) is 8.29. The highest BCUT2D eigenvalue weighted by Crippen LogP contribution is 2.27. The standard InChI is InChI=1S/C16H26N2O2S.ClH/c1-12-8-9-13(2)16(10-12)21(19,20)18-15(11-17)14-6-4-3-5-7-14;/h8-10,14-15,18H,3-7,11,17H2,1-2H3;1H. The number of benzene rings is 1. The van der Waals surface area contributed by atoms with Crippen molar-refractivity contribution in [1.29, 1.82) is 0 Å². The van der Waals surface area contributed by atoms with Gasteiger partial charge in [-0.2, -0.15) is 0 Å². The van der Waals surface area contributed by atoms with Crippen LogP contribution >= 0.6 is 12.4 Å². The summed E-state index contributed by atoms with van der Waals surface area (Å²) in [5, 5.41) is 0. The molecule has 0 aliphatic heterocycles. The third-order valence-corrected chi connectivity index (χ3v) is 6.04. The first-order valence-corrected chi connectivity index (χ1v) is 9.22. The molecule has 4 nitrogen and oxygen atoms in total. The van der Waals surface area contributed by atoms with E-state index in [1.807, 2.05) is 26.0 Å². The van der Waals surface area contributed by atoms with Gasteiger partial charge in [-0.15, -0.1) is 12.4 Å². The number of halogens is 1. The molecule has 0 saturated heterocycles. The highest BCUT2D eigenvalue weighted by Gasteiger charge is 2.28. The van der Waals surface area contributed by atoms with Crippen LogP contribution in [0.1, 0.15) is 43.2 Å². The maximum Gasteiger partial charge on any atom is 0.241 e. The lowest BCUT2D eigenvalue weighted by Crippen LogP contribution is -2.45. The fourth-order valence-electron chi connectivity index (χ4n) is 3.13. The number of nitrogens with two attached hydrogens (primary N) is 1. The summed E-state index contributed by atoms with van der Waals surface area (Å²) in [7, 11) is -3.50. The van der Waals surface area contributed by atoms with E-state index in [0.29, 0.717) is 17.4 Å². The van der Waals surface area contributed by atoms with Crippen LogP contribution in [0.25, 0.3) is 0 Å². The van der Waals surface area contributed by atoms with Gasteiger partial charge in [0.2, 0.25) is 10.0 Å². The molecule has 22 heavy (non-hydrogen) atoms. The average molecular weight is 347 g/mol. The lowest BCUT2D eigenvalue weighted by molar-refractivity contribution is 0.294. The van der Waals surface area contributed by atoms with Gasteiger partial charge in [0.25, 0.3) is 0 Å². The predicted molar refractivity (Wildman–Crippen MR) is 92.9 cm³/mol. The molecular formula is C16H27ClN2O2S. The van der Waals surface area contributed by atoms with E-state index in [1.165, 1.54) is 19.3 Å². The van der Waals surface area contributed by atoms with Gasteiger partial charge in [0.15, 0.2) is 0 Å². The first-order chi connectivity index (χ1) is 9.94. The van der Waals surface area contributed by atoms with Crippen LogP contribution in [-0.2, 0) is 10.0 Å². The van der Waals surface area contributed by atoms with Gasteiger partial charge >= 0.3 is 0 Å². The summed E-state index contributed by atoms with van der Waals surface area (Å²) in [6.45, 7) is 4.08. The van der Waals surface area contributed by atoms with Crippen molar-refractivity contribution in [3.8, 4) is 0 Å². The lowest BCUT2D eigenvalue weighted by Gasteiger charge is -2.30. The van der Waals surface area contributed by atoms with Crippen LogP contribution in [0, 0.1) is 19.8 Å². The van der Waals surface area contributed by atoms with Crippen molar-refractivity contribution in [1.82, 2.24) is 4.72 Å². The summed E-state index contributed by atoms with van der Waals surface area (Å²) in [5.74, 6) is 0.364. The quantitative estimate of drug-likeness (QED) is 0.861. The van der Waals surface area contributed by atoms with Crippen LogP contribution in [0.15, 0.2) is 23.1 Å². The Morgan fingerprint density at radius 2 is 1.86 bits per heavy atom. The van der Waals surface area contributed by atoms with Crippen LogP contribution in [-0.4, -0.2) is 21.0 Å². The summed E-state index contributed by atoms with van der Waals surface area (Å²) in [6.07, 6.45) is 5.73. The van der Waals surface area contributed by atoms with Crippen molar-refractivity contribution in [2.45, 2.75) is 56.9 Å². The molecule has 0 spiro atoms. The Balaban J connectivity index is 0.00000242. The SMILES string of the molecule is Cc1ccc(C)c(S(=O)(=O)NC(CN)C2CCCCC2)c1.Cl. The Morgan fingerprint density at radius 1 is 1.23 bits per heavy atom. The topological polar surface area (TPSA) is 72.2 Å². The highest BCUT2D eigenvalue weighted by molar-refractivity contribution is 7.89. The van der Waals surface area contributed by atoms with Gasteiger partial charge in [-0.05, 0) is 49.8 Å². The molecule has 1 unspecified atom stereocenters. The lowest BCUT2D eigenvalue weighted by atomic mass is 9.84. The zero-order valence-electron chi connectivity index (χ0n) is 13.3. The highest BCUT2D eigenvalue weighted by atomic mass is 35.5. The normalized spacial score (nSPS) is 17.8. The zero-order chi connectivity index (χ0) is 15.5. The number of hydrogen-bond acceptors (Lipinski definition) is 3. The molecule has 1 saturated carbocycles. The maximum atomic E-state index is 12.7. The van der Waals surface area contributed by atoms with Gasteiger partial charge in [0.05, 0.1) is 4.90 Å². The van der Waals surface area contributed by atoms with E-state index in [0.717, 1.165) is 24.0 Å². The van der Waals surface area contributed by atoms with Gasteiger partial charge in [-0.1, -0.05) is 31.4 Å². The summed E-state index contributed by atoms with van der Waals surface area (Å²) in [6, 6.07) is 5.35. The van der Waals surface area contributed by atoms with Gasteiger partial charge in [-0.3, -0.25) is 0 Å². The van der Waals surface area contributed by atoms with E-state index >= 15 is 0 Å². The molecule has 0 aromatic heterocycles. The molecular weight excluding hydrogens is 320 g/mol. The molecule has 0 radical (unpaired) electrons. The summed E-state index contributed by atoms with van der Waals surface area (Å²) < 4.78 is 28.1.